The number of methoxy groups -OCH3 is 1. The molecule has 1 aromatic heterocycles. The second-order valence-corrected chi connectivity index (χ2v) is 7.35. The van der Waals surface area contributed by atoms with Gasteiger partial charge >= 0.3 is 0 Å². The summed E-state index contributed by atoms with van der Waals surface area (Å²) in [5.74, 6) is 2.81. The predicted molar refractivity (Wildman–Crippen MR) is 110 cm³/mol. The topological polar surface area (TPSA) is 77.7 Å². The number of carbonyl (C=O) groups is 1. The summed E-state index contributed by atoms with van der Waals surface area (Å²) in [6.45, 7) is 1.59. The van der Waals surface area contributed by atoms with Crippen molar-refractivity contribution < 1.29 is 18.8 Å². The fraction of sp³-hybridized carbons (Fsp3) is 0.348. The van der Waals surface area contributed by atoms with Crippen molar-refractivity contribution in [1.82, 2.24) is 15.0 Å². The fourth-order valence-corrected chi connectivity index (χ4v) is 3.60. The molecule has 2 heterocycles. The van der Waals surface area contributed by atoms with Gasteiger partial charge in [0.05, 0.1) is 13.5 Å². The lowest BCUT2D eigenvalue weighted by atomic mass is 9.96. The maximum Gasteiger partial charge on any atom is 0.264 e. The lowest BCUT2D eigenvalue weighted by Gasteiger charge is -2.31. The Bertz CT molecular complexity index is 956. The van der Waals surface area contributed by atoms with Gasteiger partial charge in [0.2, 0.25) is 5.91 Å². The normalized spacial score (nSPS) is 16.3. The van der Waals surface area contributed by atoms with Crippen LogP contribution in [-0.2, 0) is 17.8 Å². The molecule has 1 amide bonds. The van der Waals surface area contributed by atoms with E-state index in [1.54, 1.807) is 7.11 Å². The van der Waals surface area contributed by atoms with Crippen LogP contribution in [0.3, 0.4) is 0 Å². The third-order valence-corrected chi connectivity index (χ3v) is 5.24. The smallest absolute Gasteiger partial charge is 0.264 e. The number of hydrogen-bond acceptors (Lipinski definition) is 6. The molecule has 1 unspecified atom stereocenters. The van der Waals surface area contributed by atoms with Crippen LogP contribution in [0.2, 0.25) is 0 Å². The number of para-hydroxylation sites is 1. The molecule has 7 heteroatoms. The molecular weight excluding hydrogens is 382 g/mol. The number of amides is 1. The second kappa shape index (κ2) is 9.43. The van der Waals surface area contributed by atoms with E-state index >= 15 is 0 Å². The van der Waals surface area contributed by atoms with E-state index in [2.05, 4.69) is 10.1 Å². The fourth-order valence-electron chi connectivity index (χ4n) is 3.60. The minimum atomic E-state index is 0.0767. The average molecular weight is 407 g/mol. The zero-order valence-corrected chi connectivity index (χ0v) is 17.0. The number of benzene rings is 2. The molecule has 1 aliphatic rings. The van der Waals surface area contributed by atoms with Gasteiger partial charge in [-0.1, -0.05) is 35.5 Å². The SMILES string of the molecule is COc1ccc(CC(=O)N2CCCC(c3noc(COc4ccccc4)n3)C2)cc1. The van der Waals surface area contributed by atoms with Crippen molar-refractivity contribution in [3.05, 3.63) is 71.9 Å². The molecule has 7 nitrogen and oxygen atoms in total. The van der Waals surface area contributed by atoms with Gasteiger partial charge in [0.15, 0.2) is 12.4 Å². The quantitative estimate of drug-likeness (QED) is 0.595. The molecule has 1 atom stereocenters. The van der Waals surface area contributed by atoms with E-state index in [4.69, 9.17) is 14.0 Å². The number of rotatable bonds is 7. The molecule has 0 spiro atoms. The minimum absolute atomic E-state index is 0.0767. The molecule has 0 bridgehead atoms. The van der Waals surface area contributed by atoms with Crippen molar-refractivity contribution in [1.29, 1.82) is 0 Å². The number of ether oxygens (including phenoxy) is 2. The van der Waals surface area contributed by atoms with Gasteiger partial charge in [-0.15, -0.1) is 0 Å². The second-order valence-electron chi connectivity index (χ2n) is 7.35. The van der Waals surface area contributed by atoms with Crippen LogP contribution in [0, 0.1) is 0 Å². The Hall–Kier alpha value is -3.35. The van der Waals surface area contributed by atoms with Gasteiger partial charge in [-0.25, -0.2) is 0 Å². The van der Waals surface area contributed by atoms with Crippen LogP contribution in [0.1, 0.15) is 36.0 Å². The van der Waals surface area contributed by atoms with Crippen LogP contribution in [0.5, 0.6) is 11.5 Å². The molecule has 3 aromatic rings. The van der Waals surface area contributed by atoms with E-state index in [0.29, 0.717) is 24.7 Å². The summed E-state index contributed by atoms with van der Waals surface area (Å²) in [5.41, 5.74) is 0.975. The van der Waals surface area contributed by atoms with Crippen molar-refractivity contribution in [3.63, 3.8) is 0 Å². The van der Waals surface area contributed by atoms with Crippen LogP contribution in [0.4, 0.5) is 0 Å². The van der Waals surface area contributed by atoms with Crippen LogP contribution in [-0.4, -0.2) is 41.1 Å². The summed E-state index contributed by atoms with van der Waals surface area (Å²) in [4.78, 5) is 19.2. The highest BCUT2D eigenvalue weighted by atomic mass is 16.5. The standard InChI is InChI=1S/C23H25N3O4/c1-28-19-11-9-17(10-12-19)14-22(27)26-13-5-6-18(15-26)23-24-21(30-25-23)16-29-20-7-3-2-4-8-20/h2-4,7-12,18H,5-6,13-16H2,1H3. The Balaban J connectivity index is 1.33. The molecule has 0 radical (unpaired) electrons. The maximum absolute atomic E-state index is 12.8. The first-order valence-corrected chi connectivity index (χ1v) is 10.1. The monoisotopic (exact) mass is 407 g/mol. The van der Waals surface area contributed by atoms with Crippen molar-refractivity contribution in [3.8, 4) is 11.5 Å². The molecule has 0 aliphatic carbocycles. The number of carbonyl (C=O) groups excluding carboxylic acids is 1. The zero-order chi connectivity index (χ0) is 20.8. The van der Waals surface area contributed by atoms with E-state index in [-0.39, 0.29) is 18.4 Å². The largest absolute Gasteiger partial charge is 0.497 e. The highest BCUT2D eigenvalue weighted by Gasteiger charge is 2.28. The molecule has 2 aromatic carbocycles. The lowest BCUT2D eigenvalue weighted by Crippen LogP contribution is -2.40. The first kappa shape index (κ1) is 19.9. The van der Waals surface area contributed by atoms with E-state index < -0.39 is 0 Å². The van der Waals surface area contributed by atoms with Gasteiger partial charge in [0.1, 0.15) is 11.5 Å². The Kier molecular flexibility index (Phi) is 6.27. The maximum atomic E-state index is 12.8. The van der Waals surface area contributed by atoms with Crippen LogP contribution in [0.15, 0.2) is 59.1 Å². The molecule has 1 fully saturated rings. The Morgan fingerprint density at radius 3 is 2.70 bits per heavy atom. The number of likely N-dealkylation sites (tertiary alicyclic amines) is 1. The number of nitrogens with zero attached hydrogens (tertiary/aromatic N) is 3. The van der Waals surface area contributed by atoms with E-state index in [1.807, 2.05) is 59.5 Å². The van der Waals surface area contributed by atoms with Gasteiger partial charge in [-0.2, -0.15) is 4.98 Å². The summed E-state index contributed by atoms with van der Waals surface area (Å²) in [6.07, 6.45) is 2.23. The first-order chi connectivity index (χ1) is 14.7. The van der Waals surface area contributed by atoms with E-state index in [0.717, 1.165) is 36.4 Å². The van der Waals surface area contributed by atoms with Gasteiger partial charge < -0.3 is 18.9 Å². The van der Waals surface area contributed by atoms with E-state index in [9.17, 15) is 4.79 Å². The predicted octanol–water partition coefficient (Wildman–Crippen LogP) is 3.61. The molecule has 0 N–H and O–H groups in total. The Morgan fingerprint density at radius 2 is 1.93 bits per heavy atom. The number of piperidine rings is 1. The minimum Gasteiger partial charge on any atom is -0.497 e. The van der Waals surface area contributed by atoms with Gasteiger partial charge in [-0.3, -0.25) is 4.79 Å². The molecule has 0 saturated carbocycles. The van der Waals surface area contributed by atoms with Gasteiger partial charge in [-0.05, 0) is 42.7 Å². The average Bonchev–Trinajstić information content (AvgIpc) is 3.28. The Labute approximate surface area is 175 Å². The molecule has 4 rings (SSSR count). The van der Waals surface area contributed by atoms with Crippen molar-refractivity contribution in [2.24, 2.45) is 0 Å². The third-order valence-electron chi connectivity index (χ3n) is 5.24. The zero-order valence-electron chi connectivity index (χ0n) is 17.0. The van der Waals surface area contributed by atoms with Crippen molar-refractivity contribution in [2.75, 3.05) is 20.2 Å². The van der Waals surface area contributed by atoms with Crippen LogP contribution >= 0.6 is 0 Å². The van der Waals surface area contributed by atoms with Gasteiger partial charge in [0, 0.05) is 19.0 Å². The summed E-state index contributed by atoms with van der Waals surface area (Å²) >= 11 is 0. The highest BCUT2D eigenvalue weighted by molar-refractivity contribution is 5.79. The number of hydrogen-bond donors (Lipinski definition) is 0. The summed E-state index contributed by atoms with van der Waals surface area (Å²) in [6, 6.07) is 17.1. The molecular formula is C23H25N3O4. The summed E-state index contributed by atoms with van der Waals surface area (Å²) in [7, 11) is 1.63. The van der Waals surface area contributed by atoms with Gasteiger partial charge in [0.25, 0.3) is 5.89 Å². The molecule has 156 valence electrons. The lowest BCUT2D eigenvalue weighted by molar-refractivity contribution is -0.131. The van der Waals surface area contributed by atoms with Crippen LogP contribution < -0.4 is 9.47 Å². The molecule has 1 aliphatic heterocycles. The van der Waals surface area contributed by atoms with Crippen molar-refractivity contribution in [2.45, 2.75) is 31.8 Å². The molecule has 1 saturated heterocycles. The number of aromatic nitrogens is 2. The third kappa shape index (κ3) is 4.97. The Morgan fingerprint density at radius 1 is 1.13 bits per heavy atom. The first-order valence-electron chi connectivity index (χ1n) is 10.1. The van der Waals surface area contributed by atoms with E-state index in [1.165, 1.54) is 0 Å². The van der Waals surface area contributed by atoms with Crippen LogP contribution in [0.25, 0.3) is 0 Å². The van der Waals surface area contributed by atoms with Crippen molar-refractivity contribution >= 4 is 5.91 Å². The summed E-state index contributed by atoms with van der Waals surface area (Å²) < 4.78 is 16.2. The highest BCUT2D eigenvalue weighted by Crippen LogP contribution is 2.26. The summed E-state index contributed by atoms with van der Waals surface area (Å²) in [5, 5.41) is 4.13. The molecule has 30 heavy (non-hydrogen) atoms.